The van der Waals surface area contributed by atoms with Gasteiger partial charge in [0.1, 0.15) is 11.5 Å². The Morgan fingerprint density at radius 1 is 1.25 bits per heavy atom. The lowest BCUT2D eigenvalue weighted by molar-refractivity contribution is 0.0993. The largest absolute Gasteiger partial charge is 0.471 e. The van der Waals surface area contributed by atoms with Crippen LogP contribution in [0, 0.1) is 0 Å². The lowest BCUT2D eigenvalue weighted by Crippen LogP contribution is -2.17. The van der Waals surface area contributed by atoms with Gasteiger partial charge in [0, 0.05) is 5.02 Å². The number of rotatable bonds is 7. The molecule has 1 fully saturated rings. The average Bonchev–Trinajstić information content (AvgIpc) is 3.43. The van der Waals surface area contributed by atoms with E-state index in [1.54, 1.807) is 35.3 Å². The van der Waals surface area contributed by atoms with Gasteiger partial charge >= 0.3 is 0 Å². The highest BCUT2D eigenvalue weighted by Crippen LogP contribution is 2.18. The van der Waals surface area contributed by atoms with E-state index in [2.05, 4.69) is 15.3 Å². The Labute approximate surface area is 167 Å². The first-order valence-corrected chi connectivity index (χ1v) is 9.57. The second-order valence-corrected chi connectivity index (χ2v) is 7.14. The van der Waals surface area contributed by atoms with Crippen molar-refractivity contribution in [1.82, 2.24) is 14.7 Å². The number of carbonyl (C=O) groups is 1. The maximum Gasteiger partial charge on any atom is 0.291 e. The molecule has 8 heteroatoms. The summed E-state index contributed by atoms with van der Waals surface area (Å²) in [6.45, 7) is 3.11. The average molecular weight is 401 g/mol. The molecule has 0 atom stereocenters. The zero-order valence-corrected chi connectivity index (χ0v) is 16.1. The number of anilines is 1. The van der Waals surface area contributed by atoms with Gasteiger partial charge in [-0.05, 0) is 56.3 Å². The molecule has 1 aliphatic rings. The van der Waals surface area contributed by atoms with Gasteiger partial charge in [0.25, 0.3) is 5.91 Å². The van der Waals surface area contributed by atoms with E-state index in [4.69, 9.17) is 20.8 Å². The number of aromatic nitrogens is 2. The van der Waals surface area contributed by atoms with Crippen molar-refractivity contribution < 1.29 is 13.9 Å². The van der Waals surface area contributed by atoms with Crippen molar-refractivity contribution in [2.45, 2.75) is 26.1 Å². The van der Waals surface area contributed by atoms with E-state index in [1.807, 2.05) is 18.2 Å². The molecule has 0 spiro atoms. The summed E-state index contributed by atoms with van der Waals surface area (Å²) >= 11 is 5.93. The Kier molecular flexibility index (Phi) is 5.64. The Morgan fingerprint density at radius 2 is 2.11 bits per heavy atom. The number of ether oxygens (including phenoxy) is 1. The first-order chi connectivity index (χ1) is 13.7. The van der Waals surface area contributed by atoms with Crippen molar-refractivity contribution in [3.63, 3.8) is 0 Å². The van der Waals surface area contributed by atoms with Crippen LogP contribution in [0.5, 0.6) is 5.75 Å². The van der Waals surface area contributed by atoms with Gasteiger partial charge in [0.05, 0.1) is 24.6 Å². The van der Waals surface area contributed by atoms with Crippen molar-refractivity contribution in [2.24, 2.45) is 0 Å². The summed E-state index contributed by atoms with van der Waals surface area (Å²) in [5, 5.41) is 7.57. The minimum absolute atomic E-state index is 0.205. The van der Waals surface area contributed by atoms with Gasteiger partial charge in [0.15, 0.2) is 12.5 Å². The third kappa shape index (κ3) is 4.74. The van der Waals surface area contributed by atoms with Crippen LogP contribution in [0.2, 0.25) is 5.02 Å². The van der Waals surface area contributed by atoms with Crippen molar-refractivity contribution in [3.8, 4) is 5.75 Å². The molecule has 1 amide bonds. The summed E-state index contributed by atoms with van der Waals surface area (Å²) in [4.78, 5) is 14.7. The van der Waals surface area contributed by atoms with Crippen molar-refractivity contribution >= 4 is 23.2 Å². The van der Waals surface area contributed by atoms with Gasteiger partial charge in [-0.1, -0.05) is 17.7 Å². The zero-order valence-electron chi connectivity index (χ0n) is 15.3. The maximum atomic E-state index is 12.4. The van der Waals surface area contributed by atoms with Crippen LogP contribution in [0.15, 0.2) is 53.2 Å². The molecule has 4 rings (SSSR count). The van der Waals surface area contributed by atoms with E-state index in [1.165, 1.54) is 12.8 Å². The summed E-state index contributed by atoms with van der Waals surface area (Å²) in [5.41, 5.74) is 0.567. The molecular weight excluding hydrogens is 380 g/mol. The highest BCUT2D eigenvalue weighted by Gasteiger charge is 2.16. The summed E-state index contributed by atoms with van der Waals surface area (Å²) in [6.07, 6.45) is 5.70. The molecule has 0 saturated carbocycles. The molecule has 146 valence electrons. The smallest absolute Gasteiger partial charge is 0.291 e. The Bertz CT molecular complexity index is 946. The molecule has 0 aliphatic carbocycles. The summed E-state index contributed by atoms with van der Waals surface area (Å²) in [5.74, 6) is 1.44. The second-order valence-electron chi connectivity index (χ2n) is 6.70. The Balaban J connectivity index is 1.30. The number of likely N-dealkylation sites (tertiary alicyclic amines) is 1. The first-order valence-electron chi connectivity index (χ1n) is 9.19. The van der Waals surface area contributed by atoms with E-state index in [-0.39, 0.29) is 18.4 Å². The first kappa shape index (κ1) is 18.6. The van der Waals surface area contributed by atoms with Gasteiger partial charge in [-0.15, -0.1) is 0 Å². The molecule has 1 N–H and O–H groups in total. The maximum absolute atomic E-state index is 12.4. The lowest BCUT2D eigenvalue weighted by Gasteiger charge is -2.11. The standard InChI is InChI=1S/C20H21ClN4O3/c21-15-4-3-5-17(10-15)27-14-25-12-16(11-22-25)23-20(26)19-7-6-18(28-19)13-24-8-1-2-9-24/h3-7,10-12H,1-2,8-9,13-14H2,(H,23,26). The van der Waals surface area contributed by atoms with Crippen LogP contribution in [0.25, 0.3) is 0 Å². The molecule has 28 heavy (non-hydrogen) atoms. The summed E-state index contributed by atoms with van der Waals surface area (Å²) < 4.78 is 12.9. The molecule has 7 nitrogen and oxygen atoms in total. The second kappa shape index (κ2) is 8.50. The molecule has 3 heterocycles. The van der Waals surface area contributed by atoms with Gasteiger partial charge < -0.3 is 14.5 Å². The van der Waals surface area contributed by atoms with Crippen molar-refractivity contribution in [1.29, 1.82) is 0 Å². The molecule has 0 unspecified atom stereocenters. The van der Waals surface area contributed by atoms with Gasteiger partial charge in [-0.2, -0.15) is 5.10 Å². The zero-order chi connectivity index (χ0) is 19.3. The normalized spacial score (nSPS) is 14.3. The molecule has 0 bridgehead atoms. The molecule has 1 aliphatic heterocycles. The van der Waals surface area contributed by atoms with Crippen LogP contribution >= 0.6 is 11.6 Å². The third-order valence-corrected chi connectivity index (χ3v) is 4.75. The number of hydrogen-bond donors (Lipinski definition) is 1. The van der Waals surface area contributed by atoms with Gasteiger partial charge in [0.2, 0.25) is 0 Å². The number of amides is 1. The number of benzene rings is 1. The molecule has 1 aromatic carbocycles. The Hall–Kier alpha value is -2.77. The highest BCUT2D eigenvalue weighted by molar-refractivity contribution is 6.30. The molecule has 2 aromatic heterocycles. The fourth-order valence-corrected chi connectivity index (χ4v) is 3.32. The highest BCUT2D eigenvalue weighted by atomic mass is 35.5. The number of halogens is 1. The molecule has 0 radical (unpaired) electrons. The van der Waals surface area contributed by atoms with Crippen LogP contribution in [-0.4, -0.2) is 33.7 Å². The van der Waals surface area contributed by atoms with Crippen LogP contribution in [0.1, 0.15) is 29.2 Å². The monoisotopic (exact) mass is 400 g/mol. The topological polar surface area (TPSA) is 72.5 Å². The summed E-state index contributed by atoms with van der Waals surface area (Å²) in [6, 6.07) is 10.7. The van der Waals surface area contributed by atoms with Crippen LogP contribution in [0.3, 0.4) is 0 Å². The van der Waals surface area contributed by atoms with Gasteiger partial charge in [-0.25, -0.2) is 4.68 Å². The van der Waals surface area contributed by atoms with Crippen LogP contribution in [-0.2, 0) is 13.3 Å². The Morgan fingerprint density at radius 3 is 2.93 bits per heavy atom. The number of carbonyl (C=O) groups excluding carboxylic acids is 1. The van der Waals surface area contributed by atoms with E-state index in [0.29, 0.717) is 16.5 Å². The van der Waals surface area contributed by atoms with Crippen molar-refractivity contribution in [3.05, 3.63) is 65.3 Å². The summed E-state index contributed by atoms with van der Waals surface area (Å²) in [7, 11) is 0. The minimum Gasteiger partial charge on any atom is -0.471 e. The van der Waals surface area contributed by atoms with Gasteiger partial charge in [-0.3, -0.25) is 9.69 Å². The SMILES string of the molecule is O=C(Nc1cnn(COc2cccc(Cl)c2)c1)c1ccc(CN2CCCC2)o1. The van der Waals surface area contributed by atoms with E-state index < -0.39 is 0 Å². The van der Waals surface area contributed by atoms with E-state index in [9.17, 15) is 4.79 Å². The molecule has 1 saturated heterocycles. The number of hydrogen-bond acceptors (Lipinski definition) is 5. The fourth-order valence-electron chi connectivity index (χ4n) is 3.13. The molecule has 3 aromatic rings. The number of nitrogens with zero attached hydrogens (tertiary/aromatic N) is 3. The number of furan rings is 1. The van der Waals surface area contributed by atoms with E-state index >= 15 is 0 Å². The third-order valence-electron chi connectivity index (χ3n) is 4.51. The quantitative estimate of drug-likeness (QED) is 0.648. The molecular formula is C20H21ClN4O3. The van der Waals surface area contributed by atoms with E-state index in [0.717, 1.165) is 25.4 Å². The minimum atomic E-state index is -0.303. The fraction of sp³-hybridized carbons (Fsp3) is 0.300. The van der Waals surface area contributed by atoms with Crippen LogP contribution < -0.4 is 10.1 Å². The predicted molar refractivity (Wildman–Crippen MR) is 105 cm³/mol. The number of nitrogens with one attached hydrogen (secondary N) is 1. The van der Waals surface area contributed by atoms with Crippen molar-refractivity contribution in [2.75, 3.05) is 18.4 Å². The lowest BCUT2D eigenvalue weighted by atomic mass is 10.3. The van der Waals surface area contributed by atoms with Crippen LogP contribution in [0.4, 0.5) is 5.69 Å². The predicted octanol–water partition coefficient (Wildman–Crippen LogP) is 4.01.